The van der Waals surface area contributed by atoms with E-state index in [1.807, 2.05) is 44.2 Å². The number of carbonyl (C=O) groups is 1. The second-order valence-electron chi connectivity index (χ2n) is 7.80. The SMILES string of the molecule is CCC(C(=O)NC(C)(C)Cc1ccccc1)N(c1cccc([N+](=O)[O-])c1)S(C)(=O)=O. The molecule has 1 atom stereocenters. The number of rotatable bonds is 9. The van der Waals surface area contributed by atoms with Crippen molar-refractivity contribution in [1.82, 2.24) is 5.32 Å². The summed E-state index contributed by atoms with van der Waals surface area (Å²) in [5, 5.41) is 14.1. The van der Waals surface area contributed by atoms with Crippen molar-refractivity contribution in [3.05, 3.63) is 70.3 Å². The van der Waals surface area contributed by atoms with Crippen LogP contribution in [0.5, 0.6) is 0 Å². The molecule has 0 heterocycles. The topological polar surface area (TPSA) is 110 Å². The molecule has 0 spiro atoms. The molecule has 2 aromatic rings. The van der Waals surface area contributed by atoms with Crippen LogP contribution in [0.3, 0.4) is 0 Å². The highest BCUT2D eigenvalue weighted by Gasteiger charge is 2.34. The monoisotopic (exact) mass is 433 g/mol. The molecule has 0 radical (unpaired) electrons. The number of nitro benzene ring substituents is 1. The first-order valence-corrected chi connectivity index (χ1v) is 11.4. The van der Waals surface area contributed by atoms with E-state index in [0.29, 0.717) is 6.42 Å². The molecule has 9 heteroatoms. The molecule has 0 aromatic heterocycles. The number of hydrogen-bond donors (Lipinski definition) is 1. The van der Waals surface area contributed by atoms with Crippen molar-refractivity contribution >= 4 is 27.3 Å². The Labute approximate surface area is 177 Å². The molecule has 0 aliphatic carbocycles. The summed E-state index contributed by atoms with van der Waals surface area (Å²) in [6.45, 7) is 5.43. The smallest absolute Gasteiger partial charge is 0.271 e. The number of hydrogen-bond acceptors (Lipinski definition) is 5. The summed E-state index contributed by atoms with van der Waals surface area (Å²) in [5.74, 6) is -0.463. The lowest BCUT2D eigenvalue weighted by Gasteiger charge is -2.34. The van der Waals surface area contributed by atoms with Gasteiger partial charge in [0.2, 0.25) is 15.9 Å². The predicted octanol–water partition coefficient (Wildman–Crippen LogP) is 3.28. The molecular weight excluding hydrogens is 406 g/mol. The lowest BCUT2D eigenvalue weighted by atomic mass is 9.94. The summed E-state index contributed by atoms with van der Waals surface area (Å²) in [4.78, 5) is 23.6. The average Bonchev–Trinajstić information content (AvgIpc) is 2.64. The lowest BCUT2D eigenvalue weighted by Crippen LogP contribution is -2.55. The summed E-state index contributed by atoms with van der Waals surface area (Å²) in [7, 11) is -3.88. The van der Waals surface area contributed by atoms with E-state index in [0.717, 1.165) is 22.2 Å². The van der Waals surface area contributed by atoms with E-state index >= 15 is 0 Å². The van der Waals surface area contributed by atoms with Crippen molar-refractivity contribution in [1.29, 1.82) is 0 Å². The van der Waals surface area contributed by atoms with E-state index < -0.39 is 32.4 Å². The molecule has 0 saturated heterocycles. The second kappa shape index (κ2) is 9.25. The molecule has 0 bridgehead atoms. The number of nitrogens with zero attached hydrogens (tertiary/aromatic N) is 2. The fourth-order valence-electron chi connectivity index (χ4n) is 3.37. The largest absolute Gasteiger partial charge is 0.349 e. The maximum Gasteiger partial charge on any atom is 0.271 e. The Morgan fingerprint density at radius 2 is 1.80 bits per heavy atom. The molecule has 162 valence electrons. The van der Waals surface area contributed by atoms with E-state index in [9.17, 15) is 23.3 Å². The number of nitro groups is 1. The third-order valence-corrected chi connectivity index (χ3v) is 5.76. The van der Waals surface area contributed by atoms with E-state index in [-0.39, 0.29) is 17.8 Å². The van der Waals surface area contributed by atoms with Gasteiger partial charge in [-0.2, -0.15) is 0 Å². The average molecular weight is 434 g/mol. The number of sulfonamides is 1. The minimum atomic E-state index is -3.88. The molecule has 0 fully saturated rings. The van der Waals surface area contributed by atoms with Gasteiger partial charge in [0.1, 0.15) is 6.04 Å². The highest BCUT2D eigenvalue weighted by Crippen LogP contribution is 2.27. The van der Waals surface area contributed by atoms with Crippen molar-refractivity contribution in [2.45, 2.75) is 45.2 Å². The number of benzene rings is 2. The van der Waals surface area contributed by atoms with E-state index in [4.69, 9.17) is 0 Å². The molecule has 0 saturated carbocycles. The zero-order valence-electron chi connectivity index (χ0n) is 17.5. The summed E-state index contributed by atoms with van der Waals surface area (Å²) in [5.41, 5.74) is 0.238. The fraction of sp³-hybridized carbons (Fsp3) is 0.381. The summed E-state index contributed by atoms with van der Waals surface area (Å²) < 4.78 is 26.1. The van der Waals surface area contributed by atoms with Crippen LogP contribution in [0, 0.1) is 10.1 Å². The number of anilines is 1. The van der Waals surface area contributed by atoms with Crippen molar-refractivity contribution in [2.24, 2.45) is 0 Å². The van der Waals surface area contributed by atoms with Crippen molar-refractivity contribution in [2.75, 3.05) is 10.6 Å². The molecular formula is C21H27N3O5S. The first-order valence-electron chi connectivity index (χ1n) is 9.54. The van der Waals surface area contributed by atoms with Crippen molar-refractivity contribution < 1.29 is 18.1 Å². The Morgan fingerprint density at radius 1 is 1.17 bits per heavy atom. The van der Waals surface area contributed by atoms with Crippen LogP contribution in [0.1, 0.15) is 32.8 Å². The van der Waals surface area contributed by atoms with Gasteiger partial charge in [0.15, 0.2) is 0 Å². The molecule has 2 aromatic carbocycles. The number of nitrogens with one attached hydrogen (secondary N) is 1. The Bertz CT molecular complexity index is 1010. The molecule has 1 unspecified atom stereocenters. The molecule has 30 heavy (non-hydrogen) atoms. The van der Waals surface area contributed by atoms with Gasteiger partial charge in [-0.3, -0.25) is 19.2 Å². The standard InChI is InChI=1S/C21H27N3O5S/c1-5-19(20(25)22-21(2,3)15-16-10-7-6-8-11-16)23(30(4,28)29)17-12-9-13-18(14-17)24(26)27/h6-14,19H,5,15H2,1-4H3,(H,22,25). The summed E-state index contributed by atoms with van der Waals surface area (Å²) >= 11 is 0. The van der Waals surface area contributed by atoms with Crippen LogP contribution in [0.2, 0.25) is 0 Å². The van der Waals surface area contributed by atoms with Gasteiger partial charge in [0.25, 0.3) is 5.69 Å². The Morgan fingerprint density at radius 3 is 2.33 bits per heavy atom. The van der Waals surface area contributed by atoms with Crippen molar-refractivity contribution in [3.8, 4) is 0 Å². The van der Waals surface area contributed by atoms with Crippen LogP contribution in [0.15, 0.2) is 54.6 Å². The van der Waals surface area contributed by atoms with Crippen LogP contribution in [0.25, 0.3) is 0 Å². The van der Waals surface area contributed by atoms with Gasteiger partial charge in [-0.15, -0.1) is 0 Å². The highest BCUT2D eigenvalue weighted by molar-refractivity contribution is 7.92. The maximum atomic E-state index is 13.1. The Kier molecular flexibility index (Phi) is 7.20. The number of non-ortho nitro benzene ring substituents is 1. The molecule has 8 nitrogen and oxygen atoms in total. The van der Waals surface area contributed by atoms with Gasteiger partial charge in [-0.25, -0.2) is 8.42 Å². The van der Waals surface area contributed by atoms with Gasteiger partial charge in [0.05, 0.1) is 16.9 Å². The zero-order chi connectivity index (χ0) is 22.5. The van der Waals surface area contributed by atoms with E-state index in [2.05, 4.69) is 5.32 Å². The number of amides is 1. The molecule has 0 aliphatic heterocycles. The highest BCUT2D eigenvalue weighted by atomic mass is 32.2. The molecule has 2 rings (SSSR count). The predicted molar refractivity (Wildman–Crippen MR) is 117 cm³/mol. The van der Waals surface area contributed by atoms with E-state index in [1.165, 1.54) is 18.2 Å². The number of carbonyl (C=O) groups excluding carboxylic acids is 1. The Balaban J connectivity index is 2.34. The normalized spacial score (nSPS) is 12.8. The van der Waals surface area contributed by atoms with Crippen LogP contribution in [-0.2, 0) is 21.2 Å². The Hall–Kier alpha value is -2.94. The third-order valence-electron chi connectivity index (χ3n) is 4.58. The van der Waals surface area contributed by atoms with Crippen molar-refractivity contribution in [3.63, 3.8) is 0 Å². The third kappa shape index (κ3) is 6.03. The first-order chi connectivity index (χ1) is 13.9. The van der Waals surface area contributed by atoms with Gasteiger partial charge in [0, 0.05) is 17.7 Å². The lowest BCUT2D eigenvalue weighted by molar-refractivity contribution is -0.384. The van der Waals surface area contributed by atoms with Gasteiger partial charge in [-0.05, 0) is 38.3 Å². The summed E-state index contributed by atoms with van der Waals surface area (Å²) in [6, 6.07) is 13.9. The van der Waals surface area contributed by atoms with E-state index in [1.54, 1.807) is 6.92 Å². The first kappa shape index (κ1) is 23.3. The van der Waals surface area contributed by atoms with Gasteiger partial charge in [-0.1, -0.05) is 43.3 Å². The quantitative estimate of drug-likeness (QED) is 0.482. The van der Waals surface area contributed by atoms with Crippen LogP contribution >= 0.6 is 0 Å². The minimum absolute atomic E-state index is 0.0783. The second-order valence-corrected chi connectivity index (χ2v) is 9.65. The fourth-order valence-corrected chi connectivity index (χ4v) is 4.57. The molecule has 1 N–H and O–H groups in total. The summed E-state index contributed by atoms with van der Waals surface area (Å²) in [6.07, 6.45) is 1.74. The van der Waals surface area contributed by atoms with Gasteiger partial charge >= 0.3 is 0 Å². The molecule has 1 amide bonds. The maximum absolute atomic E-state index is 13.1. The molecule has 0 aliphatic rings. The minimum Gasteiger partial charge on any atom is -0.349 e. The zero-order valence-corrected chi connectivity index (χ0v) is 18.3. The van der Waals surface area contributed by atoms with Gasteiger partial charge < -0.3 is 5.32 Å². The van der Waals surface area contributed by atoms with Crippen LogP contribution in [0.4, 0.5) is 11.4 Å². The van der Waals surface area contributed by atoms with Crippen LogP contribution < -0.4 is 9.62 Å². The van der Waals surface area contributed by atoms with Crippen LogP contribution in [-0.4, -0.2) is 37.1 Å².